The van der Waals surface area contributed by atoms with Crippen molar-refractivity contribution in [2.75, 3.05) is 12.4 Å². The largest absolute Gasteiger partial charge is 0.496 e. The van der Waals surface area contributed by atoms with Gasteiger partial charge in [-0.2, -0.15) is 5.10 Å². The first-order valence-corrected chi connectivity index (χ1v) is 8.52. The number of nitro benzene ring substituents is 2. The van der Waals surface area contributed by atoms with E-state index >= 15 is 0 Å². The van der Waals surface area contributed by atoms with Gasteiger partial charge in [-0.05, 0) is 24.3 Å². The molecule has 2 aromatic carbocycles. The van der Waals surface area contributed by atoms with Gasteiger partial charge in [0.05, 0.1) is 23.0 Å². The number of ether oxygens (including phenoxy) is 2. The number of nitrogens with one attached hydrogen (secondary N) is 1. The maximum Gasteiger partial charge on any atom is 0.311 e. The molecular weight excluding hydrogens is 417 g/mol. The summed E-state index contributed by atoms with van der Waals surface area (Å²) in [5.74, 6) is -1.51. The van der Waals surface area contributed by atoms with E-state index in [0.717, 1.165) is 28.9 Å². The quantitative estimate of drug-likeness (QED) is 0.422. The maximum atomic E-state index is 13.4. The van der Waals surface area contributed by atoms with Gasteiger partial charge in [0.1, 0.15) is 17.3 Å². The van der Waals surface area contributed by atoms with E-state index in [1.807, 2.05) is 0 Å². The van der Waals surface area contributed by atoms with Crippen molar-refractivity contribution in [2.45, 2.75) is 6.73 Å². The van der Waals surface area contributed by atoms with Crippen LogP contribution in [0.25, 0.3) is 0 Å². The zero-order valence-corrected chi connectivity index (χ0v) is 15.9. The Bertz CT molecular complexity index is 1160. The zero-order valence-electron chi connectivity index (χ0n) is 15.9. The first-order chi connectivity index (χ1) is 14.8. The normalized spacial score (nSPS) is 10.4. The van der Waals surface area contributed by atoms with Crippen molar-refractivity contribution in [3.63, 3.8) is 0 Å². The molecule has 12 nitrogen and oxygen atoms in total. The highest BCUT2D eigenvalue weighted by Gasteiger charge is 2.20. The van der Waals surface area contributed by atoms with Gasteiger partial charge < -0.3 is 14.8 Å². The number of hydrogen-bond acceptors (Lipinski definition) is 8. The number of amides is 1. The first-order valence-electron chi connectivity index (χ1n) is 8.52. The van der Waals surface area contributed by atoms with Gasteiger partial charge in [0.15, 0.2) is 12.4 Å². The molecule has 0 atom stereocenters. The molecule has 3 aromatic rings. The zero-order chi connectivity index (χ0) is 22.5. The van der Waals surface area contributed by atoms with Crippen LogP contribution in [0.2, 0.25) is 0 Å². The molecule has 0 aliphatic carbocycles. The number of benzene rings is 2. The SMILES string of the molecule is COc1ccc(NC(=O)c2ccn(COc3cc(F)ccc3[N+](=O)[O-])n2)c([N+](=O)[O-])c1. The lowest BCUT2D eigenvalue weighted by atomic mass is 10.2. The standard InChI is InChI=1S/C18H14FN5O7/c1-30-12-3-4-13(16(9-12)24(28)29)20-18(25)14-6-7-22(21-14)10-31-17-8-11(19)2-5-15(17)23(26)27/h2-9H,10H2,1H3,(H,20,25). The Morgan fingerprint density at radius 2 is 1.87 bits per heavy atom. The molecular formula is C18H14FN5O7. The molecule has 0 aliphatic heterocycles. The number of nitrogens with zero attached hydrogens (tertiary/aromatic N) is 4. The first kappa shape index (κ1) is 21.2. The molecule has 0 saturated carbocycles. The Morgan fingerprint density at radius 3 is 2.55 bits per heavy atom. The summed E-state index contributed by atoms with van der Waals surface area (Å²) in [6.07, 6.45) is 1.35. The van der Waals surface area contributed by atoms with Gasteiger partial charge >= 0.3 is 5.69 Å². The molecule has 1 amide bonds. The van der Waals surface area contributed by atoms with Crippen molar-refractivity contribution in [2.24, 2.45) is 0 Å². The lowest BCUT2D eigenvalue weighted by Gasteiger charge is -2.07. The van der Waals surface area contributed by atoms with Crippen LogP contribution in [0, 0.1) is 26.0 Å². The number of carbonyl (C=O) groups excluding carboxylic acids is 1. The molecule has 0 unspecified atom stereocenters. The fourth-order valence-electron chi connectivity index (χ4n) is 2.53. The van der Waals surface area contributed by atoms with Crippen LogP contribution in [-0.4, -0.2) is 32.6 Å². The molecule has 0 bridgehead atoms. The van der Waals surface area contributed by atoms with Crippen LogP contribution < -0.4 is 14.8 Å². The summed E-state index contributed by atoms with van der Waals surface area (Å²) in [5, 5.41) is 28.6. The van der Waals surface area contributed by atoms with Gasteiger partial charge in [0.2, 0.25) is 5.75 Å². The third-order valence-corrected chi connectivity index (χ3v) is 3.99. The predicted molar refractivity (Wildman–Crippen MR) is 104 cm³/mol. The summed E-state index contributed by atoms with van der Waals surface area (Å²) in [4.78, 5) is 33.2. The van der Waals surface area contributed by atoms with Crippen molar-refractivity contribution in [1.82, 2.24) is 9.78 Å². The van der Waals surface area contributed by atoms with Gasteiger partial charge in [0, 0.05) is 18.3 Å². The van der Waals surface area contributed by atoms with E-state index in [9.17, 15) is 29.4 Å². The topological polar surface area (TPSA) is 152 Å². The van der Waals surface area contributed by atoms with Crippen molar-refractivity contribution in [1.29, 1.82) is 0 Å². The molecule has 160 valence electrons. The van der Waals surface area contributed by atoms with Crippen LogP contribution in [0.1, 0.15) is 10.5 Å². The molecule has 1 N–H and O–H groups in total. The summed E-state index contributed by atoms with van der Waals surface area (Å²) < 4.78 is 24.7. The molecule has 0 saturated heterocycles. The molecule has 3 rings (SSSR count). The summed E-state index contributed by atoms with van der Waals surface area (Å²) in [5.41, 5.74) is -0.952. The highest BCUT2D eigenvalue weighted by Crippen LogP contribution is 2.29. The number of halogens is 1. The van der Waals surface area contributed by atoms with E-state index in [-0.39, 0.29) is 35.3 Å². The monoisotopic (exact) mass is 431 g/mol. The Morgan fingerprint density at radius 1 is 1.13 bits per heavy atom. The second-order valence-electron chi connectivity index (χ2n) is 5.98. The Labute approximate surface area is 173 Å². The van der Waals surface area contributed by atoms with Crippen LogP contribution in [0.15, 0.2) is 48.7 Å². The number of nitro groups is 2. The maximum absolute atomic E-state index is 13.4. The van der Waals surface area contributed by atoms with Crippen LogP contribution in [0.5, 0.6) is 11.5 Å². The summed E-state index contributed by atoms with van der Waals surface area (Å²) >= 11 is 0. The summed E-state index contributed by atoms with van der Waals surface area (Å²) in [7, 11) is 1.35. The van der Waals surface area contributed by atoms with Gasteiger partial charge in [-0.25, -0.2) is 9.07 Å². The van der Waals surface area contributed by atoms with Gasteiger partial charge in [-0.15, -0.1) is 0 Å². The summed E-state index contributed by atoms with van der Waals surface area (Å²) in [6, 6.07) is 7.99. The van der Waals surface area contributed by atoms with Crippen LogP contribution in [-0.2, 0) is 6.73 Å². The summed E-state index contributed by atoms with van der Waals surface area (Å²) in [6.45, 7) is -0.347. The number of rotatable bonds is 8. The second kappa shape index (κ2) is 8.86. The molecule has 31 heavy (non-hydrogen) atoms. The van der Waals surface area contributed by atoms with Gasteiger partial charge in [0.25, 0.3) is 11.6 Å². The average molecular weight is 431 g/mol. The number of hydrogen-bond donors (Lipinski definition) is 1. The minimum atomic E-state index is -0.733. The fourth-order valence-corrected chi connectivity index (χ4v) is 2.53. The lowest BCUT2D eigenvalue weighted by molar-refractivity contribution is -0.386. The highest BCUT2D eigenvalue weighted by molar-refractivity contribution is 6.04. The molecule has 0 aliphatic rings. The van der Waals surface area contributed by atoms with Crippen LogP contribution in [0.4, 0.5) is 21.5 Å². The number of anilines is 1. The fraction of sp³-hybridized carbons (Fsp3) is 0.111. The predicted octanol–water partition coefficient (Wildman–Crippen LogP) is 3.14. The third kappa shape index (κ3) is 4.90. The van der Waals surface area contributed by atoms with Gasteiger partial charge in [-0.3, -0.25) is 25.0 Å². The molecule has 0 radical (unpaired) electrons. The molecule has 1 aromatic heterocycles. The molecule has 1 heterocycles. The van der Waals surface area contributed by atoms with Crippen molar-refractivity contribution in [3.05, 3.63) is 80.4 Å². The van der Waals surface area contributed by atoms with Crippen molar-refractivity contribution >= 4 is 23.0 Å². The molecule has 0 fully saturated rings. The molecule has 0 spiro atoms. The van der Waals surface area contributed by atoms with E-state index in [1.54, 1.807) is 0 Å². The van der Waals surface area contributed by atoms with E-state index in [1.165, 1.54) is 31.5 Å². The van der Waals surface area contributed by atoms with Crippen LogP contribution in [0.3, 0.4) is 0 Å². The van der Waals surface area contributed by atoms with E-state index < -0.39 is 27.3 Å². The highest BCUT2D eigenvalue weighted by atomic mass is 19.1. The average Bonchev–Trinajstić information content (AvgIpc) is 3.21. The van der Waals surface area contributed by atoms with E-state index in [2.05, 4.69) is 10.4 Å². The number of aromatic nitrogens is 2. The third-order valence-electron chi connectivity index (χ3n) is 3.99. The second-order valence-corrected chi connectivity index (χ2v) is 5.98. The Balaban J connectivity index is 1.72. The molecule has 13 heteroatoms. The Kier molecular flexibility index (Phi) is 6.05. The lowest BCUT2D eigenvalue weighted by Crippen LogP contribution is -2.15. The Hall–Kier alpha value is -4.55. The van der Waals surface area contributed by atoms with Crippen LogP contribution >= 0.6 is 0 Å². The van der Waals surface area contributed by atoms with E-state index in [0.29, 0.717) is 0 Å². The van der Waals surface area contributed by atoms with E-state index in [4.69, 9.17) is 9.47 Å². The minimum Gasteiger partial charge on any atom is -0.496 e. The number of carbonyl (C=O) groups is 1. The van der Waals surface area contributed by atoms with Crippen molar-refractivity contribution < 1.29 is 28.5 Å². The minimum absolute atomic E-state index is 0.0583. The number of methoxy groups -OCH3 is 1. The van der Waals surface area contributed by atoms with Crippen molar-refractivity contribution in [3.8, 4) is 11.5 Å². The smallest absolute Gasteiger partial charge is 0.311 e. The van der Waals surface area contributed by atoms with Gasteiger partial charge in [-0.1, -0.05) is 0 Å².